The molecule has 1 saturated carbocycles. The fraction of sp³-hybridized carbons (Fsp3) is 0.296. The Morgan fingerprint density at radius 3 is 2.49 bits per heavy atom. The molecule has 0 spiro atoms. The zero-order chi connectivity index (χ0) is 23.6. The number of rotatable bonds is 7. The van der Waals surface area contributed by atoms with Crippen LogP contribution in [0.4, 0.5) is 11.6 Å². The third kappa shape index (κ3) is 5.03. The van der Waals surface area contributed by atoms with Gasteiger partial charge in [-0.15, -0.1) is 5.10 Å². The minimum absolute atomic E-state index is 0.0227. The third-order valence-corrected chi connectivity index (χ3v) is 6.44. The molecule has 0 atom stereocenters. The molecule has 2 N–H and O–H groups in total. The number of carbonyl (C=O) groups excluding carboxylic acids is 1. The average Bonchev–Trinajstić information content (AvgIpc) is 3.61. The lowest BCUT2D eigenvalue weighted by atomic mass is 10.1. The van der Waals surface area contributed by atoms with Crippen LogP contribution in [-0.2, 0) is 11.3 Å². The first-order valence-corrected chi connectivity index (χ1v) is 12.1. The van der Waals surface area contributed by atoms with Crippen molar-refractivity contribution in [2.45, 2.75) is 25.4 Å². The van der Waals surface area contributed by atoms with E-state index in [1.165, 1.54) is 5.56 Å². The number of hydrogen-bond acceptors (Lipinski definition) is 6. The van der Waals surface area contributed by atoms with Gasteiger partial charge in [0.25, 0.3) is 5.91 Å². The highest BCUT2D eigenvalue weighted by atomic mass is 16.5. The predicted octanol–water partition coefficient (Wildman–Crippen LogP) is 3.86. The Kier molecular flexibility index (Phi) is 5.89. The van der Waals surface area contributed by atoms with Gasteiger partial charge in [-0.05, 0) is 54.8 Å². The maximum absolute atomic E-state index is 12.2. The zero-order valence-electron chi connectivity index (χ0n) is 19.5. The summed E-state index contributed by atoms with van der Waals surface area (Å²) in [5.74, 6) is 0.488. The summed E-state index contributed by atoms with van der Waals surface area (Å²) in [6.07, 6.45) is 2.15. The van der Waals surface area contributed by atoms with Gasteiger partial charge < -0.3 is 15.4 Å². The van der Waals surface area contributed by atoms with Crippen molar-refractivity contribution >= 4 is 23.2 Å². The normalized spacial score (nSPS) is 16.3. The Morgan fingerprint density at radius 1 is 0.971 bits per heavy atom. The summed E-state index contributed by atoms with van der Waals surface area (Å²) in [5, 5.41) is 11.0. The van der Waals surface area contributed by atoms with E-state index < -0.39 is 0 Å². The van der Waals surface area contributed by atoms with E-state index in [9.17, 15) is 4.79 Å². The number of nitrogens with zero attached hydrogens (tertiary/aromatic N) is 4. The van der Waals surface area contributed by atoms with E-state index in [2.05, 4.69) is 50.8 Å². The van der Waals surface area contributed by atoms with Gasteiger partial charge in [0, 0.05) is 42.5 Å². The van der Waals surface area contributed by atoms with Gasteiger partial charge in [0.15, 0.2) is 5.65 Å². The molecule has 4 aromatic rings. The van der Waals surface area contributed by atoms with Crippen molar-refractivity contribution < 1.29 is 9.53 Å². The van der Waals surface area contributed by atoms with Gasteiger partial charge in [0.2, 0.25) is 5.95 Å². The maximum Gasteiger partial charge on any atom is 0.251 e. The minimum Gasteiger partial charge on any atom is -0.379 e. The molecule has 1 amide bonds. The third-order valence-electron chi connectivity index (χ3n) is 6.44. The molecule has 0 bridgehead atoms. The van der Waals surface area contributed by atoms with Crippen molar-refractivity contribution in [3.8, 4) is 11.3 Å². The molecule has 0 radical (unpaired) electrons. The molecule has 2 fully saturated rings. The van der Waals surface area contributed by atoms with Crippen molar-refractivity contribution in [3.63, 3.8) is 0 Å². The van der Waals surface area contributed by atoms with Crippen LogP contribution in [0.15, 0.2) is 66.7 Å². The SMILES string of the molecule is O=C(NC1CC1)c1ccc(Nc2nc3cccc(-c4ccc(CN5CCOCC5)cc4)n3n2)cc1. The smallest absolute Gasteiger partial charge is 0.251 e. The lowest BCUT2D eigenvalue weighted by Crippen LogP contribution is -2.35. The molecule has 6 rings (SSSR count). The van der Waals surface area contributed by atoms with Crippen LogP contribution >= 0.6 is 0 Å². The highest BCUT2D eigenvalue weighted by Gasteiger charge is 2.23. The number of amides is 1. The Labute approximate surface area is 203 Å². The summed E-state index contributed by atoms with van der Waals surface area (Å²) in [6.45, 7) is 4.51. The van der Waals surface area contributed by atoms with Crippen LogP contribution in [0.2, 0.25) is 0 Å². The Bertz CT molecular complexity index is 1320. The number of fused-ring (bicyclic) bond motifs is 1. The minimum atomic E-state index is -0.0227. The number of nitrogens with one attached hydrogen (secondary N) is 2. The van der Waals surface area contributed by atoms with E-state index in [1.54, 1.807) is 0 Å². The second kappa shape index (κ2) is 9.48. The first kappa shape index (κ1) is 21.8. The van der Waals surface area contributed by atoms with Crippen LogP contribution in [0.25, 0.3) is 16.9 Å². The van der Waals surface area contributed by atoms with Crippen molar-refractivity contribution in [3.05, 3.63) is 77.9 Å². The van der Waals surface area contributed by atoms with Gasteiger partial charge in [-0.25, -0.2) is 4.52 Å². The summed E-state index contributed by atoms with van der Waals surface area (Å²) in [7, 11) is 0. The molecule has 2 aliphatic rings. The fourth-order valence-electron chi connectivity index (χ4n) is 4.31. The second-order valence-electron chi connectivity index (χ2n) is 9.15. The number of aromatic nitrogens is 3. The van der Waals surface area contributed by atoms with Crippen LogP contribution in [0, 0.1) is 0 Å². The van der Waals surface area contributed by atoms with Crippen molar-refractivity contribution in [1.29, 1.82) is 0 Å². The quantitative estimate of drug-likeness (QED) is 0.429. The summed E-state index contributed by atoms with van der Waals surface area (Å²) < 4.78 is 7.30. The first-order chi connectivity index (χ1) is 17.2. The number of anilines is 2. The number of benzene rings is 2. The van der Waals surface area contributed by atoms with Gasteiger partial charge in [-0.3, -0.25) is 9.69 Å². The molecule has 8 heteroatoms. The van der Waals surface area contributed by atoms with Crippen LogP contribution in [0.1, 0.15) is 28.8 Å². The number of ether oxygens (including phenoxy) is 1. The maximum atomic E-state index is 12.2. The molecule has 8 nitrogen and oxygen atoms in total. The summed E-state index contributed by atoms with van der Waals surface area (Å²) >= 11 is 0. The van der Waals surface area contributed by atoms with Crippen molar-refractivity contribution in [2.75, 3.05) is 31.6 Å². The Balaban J connectivity index is 1.17. The van der Waals surface area contributed by atoms with Gasteiger partial charge >= 0.3 is 0 Å². The molecule has 2 aromatic heterocycles. The van der Waals surface area contributed by atoms with E-state index in [1.807, 2.05) is 40.9 Å². The van der Waals surface area contributed by atoms with Crippen LogP contribution < -0.4 is 10.6 Å². The first-order valence-electron chi connectivity index (χ1n) is 12.1. The molecular formula is C27H28N6O2. The van der Waals surface area contributed by atoms with Crippen molar-refractivity contribution in [1.82, 2.24) is 24.8 Å². The lowest BCUT2D eigenvalue weighted by Gasteiger charge is -2.26. The van der Waals surface area contributed by atoms with Crippen LogP contribution in [-0.4, -0.2) is 57.8 Å². The topological polar surface area (TPSA) is 83.8 Å². The Hall–Kier alpha value is -3.75. The molecule has 1 aliphatic heterocycles. The monoisotopic (exact) mass is 468 g/mol. The number of pyridine rings is 1. The molecule has 0 unspecified atom stereocenters. The molecule has 1 saturated heterocycles. The van der Waals surface area contributed by atoms with E-state index in [0.717, 1.165) is 68.3 Å². The largest absolute Gasteiger partial charge is 0.379 e. The molecule has 2 aromatic carbocycles. The summed E-state index contributed by atoms with van der Waals surface area (Å²) in [5.41, 5.74) is 5.61. The molecule has 178 valence electrons. The predicted molar refractivity (Wildman–Crippen MR) is 135 cm³/mol. The highest BCUT2D eigenvalue weighted by Crippen LogP contribution is 2.24. The molecular weight excluding hydrogens is 440 g/mol. The Morgan fingerprint density at radius 2 is 1.74 bits per heavy atom. The fourth-order valence-corrected chi connectivity index (χ4v) is 4.31. The van der Waals surface area contributed by atoms with E-state index in [-0.39, 0.29) is 5.91 Å². The van der Waals surface area contributed by atoms with Crippen LogP contribution in [0.3, 0.4) is 0 Å². The molecule has 35 heavy (non-hydrogen) atoms. The standard InChI is InChI=1S/C27H28N6O2/c34-26(28-22-12-13-22)21-8-10-23(11-9-21)29-27-30-25-3-1-2-24(33(25)31-27)20-6-4-19(5-7-20)18-32-14-16-35-17-15-32/h1-11,22H,12-18H2,(H,28,34)(H,29,31). The molecule has 1 aliphatic carbocycles. The summed E-state index contributed by atoms with van der Waals surface area (Å²) in [6, 6.07) is 22.4. The van der Waals surface area contributed by atoms with E-state index in [4.69, 9.17) is 9.84 Å². The van der Waals surface area contributed by atoms with Gasteiger partial charge in [-0.2, -0.15) is 4.98 Å². The summed E-state index contributed by atoms with van der Waals surface area (Å²) in [4.78, 5) is 19.3. The lowest BCUT2D eigenvalue weighted by molar-refractivity contribution is 0.0342. The van der Waals surface area contributed by atoms with Crippen molar-refractivity contribution in [2.24, 2.45) is 0 Å². The van der Waals surface area contributed by atoms with E-state index in [0.29, 0.717) is 17.6 Å². The average molecular weight is 469 g/mol. The number of morpholine rings is 1. The number of carbonyl (C=O) groups is 1. The van der Waals surface area contributed by atoms with Gasteiger partial charge in [-0.1, -0.05) is 30.3 Å². The van der Waals surface area contributed by atoms with E-state index >= 15 is 0 Å². The highest BCUT2D eigenvalue weighted by molar-refractivity contribution is 5.95. The molecule has 3 heterocycles. The number of hydrogen-bond donors (Lipinski definition) is 2. The van der Waals surface area contributed by atoms with Gasteiger partial charge in [0.05, 0.1) is 18.9 Å². The van der Waals surface area contributed by atoms with Gasteiger partial charge in [0.1, 0.15) is 0 Å². The zero-order valence-corrected chi connectivity index (χ0v) is 19.5. The second-order valence-corrected chi connectivity index (χ2v) is 9.15. The van der Waals surface area contributed by atoms with Crippen LogP contribution in [0.5, 0.6) is 0 Å².